The fraction of sp³-hybridized carbons (Fsp3) is 0.227. The number of thiazole rings is 1. The molecule has 1 amide bonds. The van der Waals surface area contributed by atoms with E-state index in [0.29, 0.717) is 5.69 Å². The number of esters is 1. The first-order valence-corrected chi connectivity index (χ1v) is 10.1. The molecule has 0 saturated heterocycles. The number of aryl methyl sites for hydroxylation is 2. The van der Waals surface area contributed by atoms with Gasteiger partial charge in [0.1, 0.15) is 5.01 Å². The molecule has 28 heavy (non-hydrogen) atoms. The lowest BCUT2D eigenvalue weighted by molar-refractivity contribution is -0.119. The first-order chi connectivity index (χ1) is 13.6. The minimum atomic E-state index is -0.607. The zero-order valence-electron chi connectivity index (χ0n) is 15.9. The van der Waals surface area contributed by atoms with Gasteiger partial charge in [0.25, 0.3) is 5.91 Å². The second-order valence-corrected chi connectivity index (χ2v) is 7.12. The van der Waals surface area contributed by atoms with Gasteiger partial charge < -0.3 is 10.1 Å². The van der Waals surface area contributed by atoms with E-state index < -0.39 is 5.97 Å². The van der Waals surface area contributed by atoms with E-state index in [4.69, 9.17) is 4.74 Å². The number of ether oxygens (including phenoxy) is 1. The van der Waals surface area contributed by atoms with Crippen LogP contribution in [0.2, 0.25) is 0 Å². The van der Waals surface area contributed by atoms with Gasteiger partial charge >= 0.3 is 5.97 Å². The van der Waals surface area contributed by atoms with Gasteiger partial charge in [-0.1, -0.05) is 50.2 Å². The highest BCUT2D eigenvalue weighted by molar-refractivity contribution is 7.13. The van der Waals surface area contributed by atoms with Crippen molar-refractivity contribution in [3.8, 4) is 10.6 Å². The summed E-state index contributed by atoms with van der Waals surface area (Å²) in [5.74, 6) is -0.993. The van der Waals surface area contributed by atoms with E-state index in [9.17, 15) is 9.59 Å². The van der Waals surface area contributed by atoms with Crippen LogP contribution in [0.15, 0.2) is 53.9 Å². The summed E-state index contributed by atoms with van der Waals surface area (Å²) in [4.78, 5) is 28.5. The molecule has 0 unspecified atom stereocenters. The Hall–Kier alpha value is -2.99. The first kappa shape index (κ1) is 19.8. The van der Waals surface area contributed by atoms with Crippen LogP contribution in [0.3, 0.4) is 0 Å². The first-order valence-electron chi connectivity index (χ1n) is 9.19. The summed E-state index contributed by atoms with van der Waals surface area (Å²) >= 11 is 1.37. The Balaban J connectivity index is 1.54. The monoisotopic (exact) mass is 394 g/mol. The molecule has 1 aromatic heterocycles. The van der Waals surface area contributed by atoms with Crippen molar-refractivity contribution in [1.82, 2.24) is 4.98 Å². The van der Waals surface area contributed by atoms with Crippen LogP contribution >= 0.6 is 11.3 Å². The number of nitrogens with one attached hydrogen (secondary N) is 1. The SMILES string of the molecule is CCc1ccc(NC(=O)COC(=O)c2csc(-c3ccc(CC)cc3)n2)cc1. The highest BCUT2D eigenvalue weighted by Gasteiger charge is 2.15. The molecule has 1 heterocycles. The smallest absolute Gasteiger partial charge is 0.358 e. The Labute approximate surface area is 168 Å². The van der Waals surface area contributed by atoms with Gasteiger partial charge in [-0.3, -0.25) is 4.79 Å². The summed E-state index contributed by atoms with van der Waals surface area (Å²) in [6, 6.07) is 15.6. The number of nitrogens with zero attached hydrogens (tertiary/aromatic N) is 1. The molecule has 144 valence electrons. The molecule has 0 aliphatic carbocycles. The lowest BCUT2D eigenvalue weighted by atomic mass is 10.1. The average molecular weight is 394 g/mol. The average Bonchev–Trinajstić information content (AvgIpc) is 3.23. The zero-order valence-corrected chi connectivity index (χ0v) is 16.7. The molecule has 6 heteroatoms. The third-order valence-electron chi connectivity index (χ3n) is 4.30. The Morgan fingerprint density at radius 1 is 0.964 bits per heavy atom. The molecule has 3 rings (SSSR count). The number of carbonyl (C=O) groups excluding carboxylic acids is 2. The highest BCUT2D eigenvalue weighted by Crippen LogP contribution is 2.24. The van der Waals surface area contributed by atoms with Gasteiger partial charge in [-0.05, 0) is 36.1 Å². The fourth-order valence-corrected chi connectivity index (χ4v) is 3.40. The normalized spacial score (nSPS) is 10.5. The maximum absolute atomic E-state index is 12.2. The second kappa shape index (κ2) is 9.28. The third kappa shape index (κ3) is 5.04. The fourth-order valence-electron chi connectivity index (χ4n) is 2.61. The van der Waals surface area contributed by atoms with Crippen molar-refractivity contribution in [1.29, 1.82) is 0 Å². The number of benzene rings is 2. The van der Waals surface area contributed by atoms with E-state index in [2.05, 4.69) is 24.1 Å². The minimum Gasteiger partial charge on any atom is -0.451 e. The molecule has 3 aromatic rings. The van der Waals surface area contributed by atoms with Crippen LogP contribution in [0.4, 0.5) is 5.69 Å². The summed E-state index contributed by atoms with van der Waals surface area (Å²) in [6.07, 6.45) is 1.91. The Morgan fingerprint density at radius 2 is 1.57 bits per heavy atom. The van der Waals surface area contributed by atoms with Gasteiger partial charge in [-0.25, -0.2) is 9.78 Å². The van der Waals surface area contributed by atoms with Crippen LogP contribution in [0.5, 0.6) is 0 Å². The van der Waals surface area contributed by atoms with Crippen molar-refractivity contribution in [3.05, 3.63) is 70.7 Å². The molecular weight excluding hydrogens is 372 g/mol. The number of amides is 1. The molecule has 0 fully saturated rings. The van der Waals surface area contributed by atoms with Crippen molar-refractivity contribution in [2.45, 2.75) is 26.7 Å². The molecule has 0 saturated carbocycles. The van der Waals surface area contributed by atoms with Crippen LogP contribution in [0.1, 0.15) is 35.5 Å². The van der Waals surface area contributed by atoms with Gasteiger partial charge in [0.05, 0.1) is 0 Å². The molecule has 0 aliphatic rings. The molecule has 0 bridgehead atoms. The maximum atomic E-state index is 12.2. The van der Waals surface area contributed by atoms with E-state index in [1.54, 1.807) is 5.38 Å². The largest absolute Gasteiger partial charge is 0.451 e. The van der Waals surface area contributed by atoms with E-state index in [1.807, 2.05) is 48.5 Å². The van der Waals surface area contributed by atoms with E-state index in [1.165, 1.54) is 22.5 Å². The summed E-state index contributed by atoms with van der Waals surface area (Å²) < 4.78 is 5.09. The van der Waals surface area contributed by atoms with Crippen molar-refractivity contribution < 1.29 is 14.3 Å². The van der Waals surface area contributed by atoms with Crippen LogP contribution in [-0.2, 0) is 22.4 Å². The summed E-state index contributed by atoms with van der Waals surface area (Å²) in [6.45, 7) is 3.81. The molecule has 0 spiro atoms. The molecule has 0 radical (unpaired) electrons. The number of carbonyl (C=O) groups is 2. The van der Waals surface area contributed by atoms with Crippen molar-refractivity contribution in [3.63, 3.8) is 0 Å². The number of anilines is 1. The van der Waals surface area contributed by atoms with Gasteiger partial charge in [0.15, 0.2) is 12.3 Å². The molecule has 5 nitrogen and oxygen atoms in total. The number of rotatable bonds is 7. The van der Waals surface area contributed by atoms with Crippen LogP contribution in [0.25, 0.3) is 10.6 Å². The predicted octanol–water partition coefficient (Wildman–Crippen LogP) is 4.73. The van der Waals surface area contributed by atoms with Crippen LogP contribution in [-0.4, -0.2) is 23.5 Å². The highest BCUT2D eigenvalue weighted by atomic mass is 32.1. The summed E-state index contributed by atoms with van der Waals surface area (Å²) in [5, 5.41) is 5.10. The Kier molecular flexibility index (Phi) is 6.55. The van der Waals surface area contributed by atoms with Gasteiger partial charge in [-0.15, -0.1) is 11.3 Å². The number of hydrogen-bond acceptors (Lipinski definition) is 5. The van der Waals surface area contributed by atoms with Gasteiger partial charge in [-0.2, -0.15) is 0 Å². The molecule has 0 aliphatic heterocycles. The zero-order chi connectivity index (χ0) is 19.9. The van der Waals surface area contributed by atoms with Crippen molar-refractivity contribution in [2.75, 3.05) is 11.9 Å². The van der Waals surface area contributed by atoms with E-state index in [0.717, 1.165) is 23.4 Å². The predicted molar refractivity (Wildman–Crippen MR) is 112 cm³/mol. The van der Waals surface area contributed by atoms with E-state index >= 15 is 0 Å². The Bertz CT molecular complexity index is 947. The van der Waals surface area contributed by atoms with Crippen LogP contribution in [0, 0.1) is 0 Å². The van der Waals surface area contributed by atoms with Crippen molar-refractivity contribution in [2.24, 2.45) is 0 Å². The standard InChI is InChI=1S/C22H22N2O3S/c1-3-15-5-9-17(10-6-15)21-24-19(14-28-21)22(26)27-13-20(25)23-18-11-7-16(4-2)8-12-18/h5-12,14H,3-4,13H2,1-2H3,(H,23,25). The number of aromatic nitrogens is 1. The molecule has 1 N–H and O–H groups in total. The van der Waals surface area contributed by atoms with E-state index in [-0.39, 0.29) is 18.2 Å². The van der Waals surface area contributed by atoms with Crippen molar-refractivity contribution >= 4 is 28.9 Å². The third-order valence-corrected chi connectivity index (χ3v) is 5.19. The summed E-state index contributed by atoms with van der Waals surface area (Å²) in [7, 11) is 0. The Morgan fingerprint density at radius 3 is 2.18 bits per heavy atom. The second-order valence-electron chi connectivity index (χ2n) is 6.26. The molecular formula is C22H22N2O3S. The molecule has 0 atom stereocenters. The quantitative estimate of drug-likeness (QED) is 0.588. The topological polar surface area (TPSA) is 68.3 Å². The lowest BCUT2D eigenvalue weighted by Crippen LogP contribution is -2.21. The number of hydrogen-bond donors (Lipinski definition) is 1. The summed E-state index contributed by atoms with van der Waals surface area (Å²) in [5.41, 5.74) is 4.27. The van der Waals surface area contributed by atoms with Gasteiger partial charge in [0, 0.05) is 16.6 Å². The molecule has 2 aromatic carbocycles. The lowest BCUT2D eigenvalue weighted by Gasteiger charge is -2.06. The van der Waals surface area contributed by atoms with Crippen LogP contribution < -0.4 is 5.32 Å². The maximum Gasteiger partial charge on any atom is 0.358 e. The minimum absolute atomic E-state index is 0.208. The van der Waals surface area contributed by atoms with Gasteiger partial charge in [0.2, 0.25) is 0 Å².